The molecule has 0 amide bonds. The minimum absolute atomic E-state index is 0.280. The molecular formula is C36H40O11. The van der Waals surface area contributed by atoms with E-state index in [9.17, 15) is 19.2 Å². The number of hydrogen-bond acceptors (Lipinski definition) is 11. The van der Waals surface area contributed by atoms with Gasteiger partial charge in [-0.25, -0.2) is 9.59 Å². The van der Waals surface area contributed by atoms with Crippen LogP contribution in [-0.2, 0) is 47.5 Å². The standard InChI is InChI=1S/C36H40O11/c1-19(2)27(21(4)43-22(5)37)35-28(41-6)31(44-30(39)25-15-13-24(14-16-25)23-11-9-8-10-12-23)45-33(35)47-36-26(20(3)29(38)42-7)17-18-34(35,36)46-32(36)40/h8-16,20-21,26-28,31,33H,1,17-18H2,2-7H3/t20?,21-,26+,27+,28-,31+,33?,34?,35?,36?/m0/s1. The molecule has 5 unspecified atom stereocenters. The van der Waals surface area contributed by atoms with Gasteiger partial charge >= 0.3 is 23.9 Å². The second-order valence-corrected chi connectivity index (χ2v) is 12.9. The molecule has 2 aromatic rings. The Morgan fingerprint density at radius 3 is 2.21 bits per heavy atom. The molecule has 4 fully saturated rings. The molecule has 1 saturated carbocycles. The summed E-state index contributed by atoms with van der Waals surface area (Å²) >= 11 is 0. The molecular weight excluding hydrogens is 608 g/mol. The number of ether oxygens (including phenoxy) is 7. The van der Waals surface area contributed by atoms with Gasteiger partial charge in [-0.05, 0) is 49.9 Å². The van der Waals surface area contributed by atoms with Gasteiger partial charge in [-0.3, -0.25) is 9.59 Å². The van der Waals surface area contributed by atoms with Gasteiger partial charge < -0.3 is 33.2 Å². The van der Waals surface area contributed by atoms with E-state index in [1.54, 1.807) is 32.9 Å². The molecule has 47 heavy (non-hydrogen) atoms. The number of carbonyl (C=O) groups excluding carboxylic acids is 4. The van der Waals surface area contributed by atoms with Crippen LogP contribution in [0.15, 0.2) is 66.7 Å². The van der Waals surface area contributed by atoms with E-state index in [4.69, 9.17) is 33.2 Å². The van der Waals surface area contributed by atoms with Crippen LogP contribution in [0.25, 0.3) is 11.1 Å². The van der Waals surface area contributed by atoms with Crippen molar-refractivity contribution in [3.63, 3.8) is 0 Å². The van der Waals surface area contributed by atoms with Crippen LogP contribution in [-0.4, -0.2) is 74.1 Å². The normalized spacial score (nSPS) is 33.6. The molecule has 2 aromatic carbocycles. The van der Waals surface area contributed by atoms with Crippen molar-refractivity contribution < 1.29 is 52.3 Å². The fraction of sp³-hybridized carbons (Fsp3) is 0.500. The maximum absolute atomic E-state index is 13.6. The first-order valence-corrected chi connectivity index (χ1v) is 15.8. The third kappa shape index (κ3) is 4.50. The lowest BCUT2D eigenvalue weighted by atomic mass is 9.52. The largest absolute Gasteiger partial charge is 0.469 e. The Morgan fingerprint density at radius 1 is 0.979 bits per heavy atom. The Morgan fingerprint density at radius 2 is 1.64 bits per heavy atom. The first-order valence-electron chi connectivity index (χ1n) is 15.8. The van der Waals surface area contributed by atoms with E-state index in [-0.39, 0.29) is 12.0 Å². The summed E-state index contributed by atoms with van der Waals surface area (Å²) in [7, 11) is 2.74. The van der Waals surface area contributed by atoms with E-state index in [0.717, 1.165) is 11.1 Å². The van der Waals surface area contributed by atoms with Gasteiger partial charge in [-0.2, -0.15) is 0 Å². The van der Waals surface area contributed by atoms with Gasteiger partial charge in [0.05, 0.1) is 18.6 Å². The lowest BCUT2D eigenvalue weighted by molar-refractivity contribution is -0.299. The average molecular weight is 649 g/mol. The van der Waals surface area contributed by atoms with Crippen molar-refractivity contribution >= 4 is 23.9 Å². The van der Waals surface area contributed by atoms with Crippen molar-refractivity contribution in [3.8, 4) is 11.1 Å². The summed E-state index contributed by atoms with van der Waals surface area (Å²) in [5.41, 5.74) is -1.59. The Balaban J connectivity index is 1.40. The smallest absolute Gasteiger partial charge is 0.343 e. The molecule has 6 rings (SSSR count). The molecule has 0 aromatic heterocycles. The topological polar surface area (TPSA) is 133 Å². The Labute approximate surface area is 273 Å². The zero-order chi connectivity index (χ0) is 33.9. The first kappa shape index (κ1) is 32.9. The quantitative estimate of drug-likeness (QED) is 0.203. The highest BCUT2D eigenvalue weighted by Gasteiger charge is 2.95. The van der Waals surface area contributed by atoms with E-state index in [1.807, 2.05) is 42.5 Å². The van der Waals surface area contributed by atoms with Crippen LogP contribution < -0.4 is 0 Å². The summed E-state index contributed by atoms with van der Waals surface area (Å²) in [5.74, 6) is -4.39. The van der Waals surface area contributed by atoms with Crippen molar-refractivity contribution in [2.45, 2.75) is 76.5 Å². The molecule has 1 aliphatic carbocycles. The average Bonchev–Trinajstić information content (AvgIpc) is 3.55. The van der Waals surface area contributed by atoms with Crippen molar-refractivity contribution in [1.82, 2.24) is 0 Å². The van der Waals surface area contributed by atoms with E-state index >= 15 is 0 Å². The van der Waals surface area contributed by atoms with Crippen LogP contribution in [0.5, 0.6) is 0 Å². The summed E-state index contributed by atoms with van der Waals surface area (Å²) in [6.45, 7) is 10.7. The molecule has 4 aliphatic rings. The van der Waals surface area contributed by atoms with Crippen LogP contribution in [0.3, 0.4) is 0 Å². The van der Waals surface area contributed by atoms with Crippen LogP contribution in [0, 0.1) is 23.2 Å². The second kappa shape index (κ2) is 11.9. The van der Waals surface area contributed by atoms with Crippen molar-refractivity contribution in [2.75, 3.05) is 14.2 Å². The van der Waals surface area contributed by atoms with Crippen molar-refractivity contribution in [3.05, 3.63) is 72.3 Å². The number of benzene rings is 2. The van der Waals surface area contributed by atoms with Gasteiger partial charge in [-0.15, -0.1) is 0 Å². The summed E-state index contributed by atoms with van der Waals surface area (Å²) in [6.07, 6.45) is -3.75. The van der Waals surface area contributed by atoms with E-state index < -0.39 is 83.0 Å². The zero-order valence-corrected chi connectivity index (χ0v) is 27.3. The number of methoxy groups -OCH3 is 2. The highest BCUT2D eigenvalue weighted by atomic mass is 16.8. The van der Waals surface area contributed by atoms with Gasteiger partial charge in [-0.1, -0.05) is 61.5 Å². The zero-order valence-electron chi connectivity index (χ0n) is 27.3. The molecule has 0 spiro atoms. The van der Waals surface area contributed by atoms with E-state index in [1.165, 1.54) is 21.1 Å². The monoisotopic (exact) mass is 648 g/mol. The SMILES string of the molecule is C=C(C)[C@H]([C@H](C)OC(C)=O)C12C(O[C@@H](OC(=O)c3ccc(-c4ccccc4)cc3)[C@@H]1OC)OC13C(=O)OC12CC[C@@H]3C(C)C(=O)OC. The van der Waals surface area contributed by atoms with Crippen LogP contribution >= 0.6 is 0 Å². The van der Waals surface area contributed by atoms with Crippen LogP contribution in [0.2, 0.25) is 0 Å². The third-order valence-electron chi connectivity index (χ3n) is 10.6. The van der Waals surface area contributed by atoms with Crippen LogP contribution in [0.4, 0.5) is 0 Å². The molecule has 3 heterocycles. The minimum Gasteiger partial charge on any atom is -0.469 e. The fourth-order valence-electron chi connectivity index (χ4n) is 8.97. The number of esters is 4. The number of fused-ring (bicyclic) bond motifs is 1. The minimum atomic E-state index is -1.59. The highest BCUT2D eigenvalue weighted by Crippen LogP contribution is 2.77. The molecule has 3 aliphatic heterocycles. The summed E-state index contributed by atoms with van der Waals surface area (Å²) in [5, 5.41) is 0. The van der Waals surface area contributed by atoms with Gasteiger partial charge in [0.2, 0.25) is 11.9 Å². The predicted octanol–water partition coefficient (Wildman–Crippen LogP) is 4.62. The Bertz CT molecular complexity index is 1590. The van der Waals surface area contributed by atoms with Gasteiger partial charge in [0, 0.05) is 25.9 Å². The lowest BCUT2D eigenvalue weighted by Gasteiger charge is -2.58. The first-order chi connectivity index (χ1) is 22.4. The number of rotatable bonds is 10. The van der Waals surface area contributed by atoms with Gasteiger partial charge in [0.1, 0.15) is 17.6 Å². The summed E-state index contributed by atoms with van der Waals surface area (Å²) < 4.78 is 42.2. The lowest BCUT2D eigenvalue weighted by Crippen LogP contribution is -2.78. The van der Waals surface area contributed by atoms with Gasteiger partial charge in [0.15, 0.2) is 11.9 Å². The fourth-order valence-corrected chi connectivity index (χ4v) is 8.97. The summed E-state index contributed by atoms with van der Waals surface area (Å²) in [4.78, 5) is 52.2. The number of carbonyl (C=O) groups is 4. The molecule has 0 radical (unpaired) electrons. The van der Waals surface area contributed by atoms with Crippen molar-refractivity contribution in [2.24, 2.45) is 23.2 Å². The maximum Gasteiger partial charge on any atom is 0.343 e. The van der Waals surface area contributed by atoms with E-state index in [2.05, 4.69) is 6.58 Å². The molecule has 11 nitrogen and oxygen atoms in total. The maximum atomic E-state index is 13.6. The molecule has 0 bridgehead atoms. The molecule has 0 N–H and O–H groups in total. The van der Waals surface area contributed by atoms with Crippen molar-refractivity contribution in [1.29, 1.82) is 0 Å². The van der Waals surface area contributed by atoms with Crippen LogP contribution in [0.1, 0.15) is 50.9 Å². The molecule has 10 atom stereocenters. The molecule has 250 valence electrons. The highest BCUT2D eigenvalue weighted by molar-refractivity contribution is 5.92. The predicted molar refractivity (Wildman–Crippen MR) is 165 cm³/mol. The summed E-state index contributed by atoms with van der Waals surface area (Å²) in [6, 6.07) is 16.7. The molecule has 11 heteroatoms. The van der Waals surface area contributed by atoms with Gasteiger partial charge in [0.25, 0.3) is 0 Å². The second-order valence-electron chi connectivity index (χ2n) is 12.9. The molecule has 3 saturated heterocycles. The Hall–Kier alpha value is -4.06. The van der Waals surface area contributed by atoms with E-state index in [0.29, 0.717) is 12.0 Å². The number of hydrogen-bond donors (Lipinski definition) is 0. The third-order valence-corrected chi connectivity index (χ3v) is 10.6. The Kier molecular flexibility index (Phi) is 8.30.